The molecule has 0 aliphatic rings. The summed E-state index contributed by atoms with van der Waals surface area (Å²) in [6, 6.07) is 26.1. The predicted octanol–water partition coefficient (Wildman–Crippen LogP) is 11.7. The van der Waals surface area contributed by atoms with Gasteiger partial charge in [-0.1, -0.05) is 131 Å². The van der Waals surface area contributed by atoms with E-state index in [0.717, 1.165) is 59.0 Å². The van der Waals surface area contributed by atoms with Crippen molar-refractivity contribution in [1.82, 2.24) is 9.88 Å². The summed E-state index contributed by atoms with van der Waals surface area (Å²) in [4.78, 5) is 7.12. The highest BCUT2D eigenvalue weighted by Gasteiger charge is 2.32. The molecule has 1 heterocycles. The van der Waals surface area contributed by atoms with Crippen LogP contribution in [0, 0.1) is 6.92 Å². The Morgan fingerprint density at radius 2 is 1.86 bits per heavy atom. The van der Waals surface area contributed by atoms with Gasteiger partial charge in [0.15, 0.2) is 5.13 Å². The number of halogens is 2. The zero-order valence-electron chi connectivity index (χ0n) is 30.0. The normalized spacial score (nSPS) is 13.6. The summed E-state index contributed by atoms with van der Waals surface area (Å²) in [7, 11) is 0. The molecule has 4 rings (SSSR count). The molecular formula is C43H52Cl2N4S. The summed E-state index contributed by atoms with van der Waals surface area (Å²) in [6.07, 6.45) is 9.69. The zero-order chi connectivity index (χ0) is 36.1. The van der Waals surface area contributed by atoms with E-state index in [1.54, 1.807) is 17.4 Å². The van der Waals surface area contributed by atoms with Crippen molar-refractivity contribution in [3.05, 3.63) is 148 Å². The lowest BCUT2D eigenvalue weighted by Gasteiger charge is -2.35. The van der Waals surface area contributed by atoms with Crippen molar-refractivity contribution in [3.8, 4) is 11.3 Å². The number of alkyl halides is 1. The van der Waals surface area contributed by atoms with E-state index in [9.17, 15) is 0 Å². The Morgan fingerprint density at radius 3 is 2.58 bits per heavy atom. The molecule has 0 bridgehead atoms. The van der Waals surface area contributed by atoms with Crippen molar-refractivity contribution < 1.29 is 0 Å². The SMILES string of the molecule is C=C(Cl)/C=C\C/C(=C\CCl)CN(CN)C(=C)c1cccc(-c2csc(NCC(C)(CC(C)c3ccccc3C)c3ccccc3CCC)n2)c1. The molecule has 4 nitrogen and oxygen atoms in total. The van der Waals surface area contributed by atoms with Crippen LogP contribution in [0.3, 0.4) is 0 Å². The molecule has 0 saturated heterocycles. The number of nitrogens with one attached hydrogen (secondary N) is 1. The summed E-state index contributed by atoms with van der Waals surface area (Å²) >= 11 is 13.6. The third-order valence-corrected chi connectivity index (χ3v) is 10.4. The van der Waals surface area contributed by atoms with Gasteiger partial charge in [-0.3, -0.25) is 0 Å². The predicted molar refractivity (Wildman–Crippen MR) is 220 cm³/mol. The molecule has 0 fully saturated rings. The summed E-state index contributed by atoms with van der Waals surface area (Å²) in [6.45, 7) is 19.1. The van der Waals surface area contributed by atoms with Crippen LogP contribution in [0.25, 0.3) is 17.0 Å². The van der Waals surface area contributed by atoms with Crippen LogP contribution in [0.15, 0.2) is 120 Å². The van der Waals surface area contributed by atoms with Crippen molar-refractivity contribution in [1.29, 1.82) is 0 Å². The van der Waals surface area contributed by atoms with Gasteiger partial charge in [-0.2, -0.15) is 0 Å². The number of rotatable bonds is 19. The van der Waals surface area contributed by atoms with E-state index in [-0.39, 0.29) is 5.41 Å². The van der Waals surface area contributed by atoms with Crippen LogP contribution in [0.5, 0.6) is 0 Å². The summed E-state index contributed by atoms with van der Waals surface area (Å²) in [5, 5.41) is 7.30. The van der Waals surface area contributed by atoms with Gasteiger partial charge in [0.05, 0.1) is 12.4 Å². The Kier molecular flexibility index (Phi) is 15.0. The Morgan fingerprint density at radius 1 is 1.10 bits per heavy atom. The van der Waals surface area contributed by atoms with Gasteiger partial charge in [0.25, 0.3) is 0 Å². The molecule has 1 aromatic heterocycles. The number of aryl methyl sites for hydroxylation is 2. The number of nitrogens with zero attached hydrogens (tertiary/aromatic N) is 2. The number of thiazole rings is 1. The first-order chi connectivity index (χ1) is 24.1. The standard InChI is InChI=1S/C43H52Cl2N4S/c1-7-14-36-18-9-11-22-40(36)43(6,26-32(3)39-21-10-8-15-31(39)2)29-47-42-48-41(28-50-42)38-20-13-19-37(25-38)34(5)49(30-46)27-35(23-24-44)17-12-16-33(4)45/h8-13,15-16,18-23,25,28,32H,4-5,7,14,17,24,26-27,29-30,46H2,1-3,6H3,(H,47,48)/b16-12-,35-23+. The highest BCUT2D eigenvalue weighted by atomic mass is 35.5. The molecule has 50 heavy (non-hydrogen) atoms. The molecule has 0 saturated carbocycles. The fourth-order valence-electron chi connectivity index (χ4n) is 6.77. The number of anilines is 1. The second-order valence-electron chi connectivity index (χ2n) is 13.3. The first-order valence-corrected chi connectivity index (χ1v) is 19.2. The van der Waals surface area contributed by atoms with E-state index in [1.165, 1.54) is 22.3 Å². The zero-order valence-corrected chi connectivity index (χ0v) is 32.4. The molecule has 0 radical (unpaired) electrons. The van der Waals surface area contributed by atoms with Crippen molar-refractivity contribution in [2.45, 2.75) is 64.7 Å². The van der Waals surface area contributed by atoms with Crippen LogP contribution in [0.1, 0.15) is 73.8 Å². The van der Waals surface area contributed by atoms with Crippen molar-refractivity contribution >= 4 is 45.4 Å². The molecular weight excluding hydrogens is 675 g/mol. The van der Waals surface area contributed by atoms with E-state index in [1.807, 2.05) is 12.2 Å². The fourth-order valence-corrected chi connectivity index (χ4v) is 7.80. The number of hydrogen-bond acceptors (Lipinski definition) is 5. The molecule has 0 amide bonds. The van der Waals surface area contributed by atoms with Gasteiger partial charge in [0.1, 0.15) is 0 Å². The quantitative estimate of drug-likeness (QED) is 0.0437. The fraction of sp³-hybridized carbons (Fsp3) is 0.326. The Balaban J connectivity index is 1.53. The molecule has 2 unspecified atom stereocenters. The van der Waals surface area contributed by atoms with Gasteiger partial charge in [0, 0.05) is 46.1 Å². The number of hydrogen-bond donors (Lipinski definition) is 2. The maximum absolute atomic E-state index is 6.22. The molecule has 2 atom stereocenters. The third kappa shape index (κ3) is 10.7. The van der Waals surface area contributed by atoms with Crippen LogP contribution in [0.2, 0.25) is 0 Å². The van der Waals surface area contributed by atoms with Gasteiger partial charge in [-0.05, 0) is 77.6 Å². The van der Waals surface area contributed by atoms with Gasteiger partial charge in [-0.25, -0.2) is 4.98 Å². The average Bonchev–Trinajstić information content (AvgIpc) is 3.59. The first-order valence-electron chi connectivity index (χ1n) is 17.4. The largest absolute Gasteiger partial charge is 0.361 e. The summed E-state index contributed by atoms with van der Waals surface area (Å²) in [5.74, 6) is 0.818. The first kappa shape index (κ1) is 39.2. The second-order valence-corrected chi connectivity index (χ2v) is 15.0. The molecule has 0 aliphatic carbocycles. The average molecular weight is 728 g/mol. The minimum Gasteiger partial charge on any atom is -0.361 e. The van der Waals surface area contributed by atoms with Crippen LogP contribution in [0.4, 0.5) is 5.13 Å². The van der Waals surface area contributed by atoms with E-state index < -0.39 is 0 Å². The summed E-state index contributed by atoms with van der Waals surface area (Å²) < 4.78 is 0. The smallest absolute Gasteiger partial charge is 0.183 e. The number of benzene rings is 3. The number of allylic oxidation sites excluding steroid dienone is 4. The van der Waals surface area contributed by atoms with Gasteiger partial charge < -0.3 is 16.0 Å². The van der Waals surface area contributed by atoms with Gasteiger partial charge in [-0.15, -0.1) is 22.9 Å². The van der Waals surface area contributed by atoms with Gasteiger partial charge >= 0.3 is 0 Å². The maximum Gasteiger partial charge on any atom is 0.183 e. The molecule has 4 aromatic rings. The molecule has 264 valence electrons. The lowest BCUT2D eigenvalue weighted by atomic mass is 9.71. The monoisotopic (exact) mass is 726 g/mol. The van der Waals surface area contributed by atoms with E-state index in [2.05, 4.69) is 129 Å². The van der Waals surface area contributed by atoms with Crippen molar-refractivity contribution in [2.75, 3.05) is 31.0 Å². The molecule has 7 heteroatoms. The van der Waals surface area contributed by atoms with Crippen LogP contribution in [-0.4, -0.2) is 35.5 Å². The van der Waals surface area contributed by atoms with Crippen LogP contribution in [-0.2, 0) is 11.8 Å². The molecule has 3 aromatic carbocycles. The molecule has 0 aliphatic heterocycles. The van der Waals surface area contributed by atoms with Crippen LogP contribution >= 0.6 is 34.5 Å². The minimum absolute atomic E-state index is 0.104. The van der Waals surface area contributed by atoms with Gasteiger partial charge in [0.2, 0.25) is 0 Å². The highest BCUT2D eigenvalue weighted by Crippen LogP contribution is 2.39. The lowest BCUT2D eigenvalue weighted by molar-refractivity contribution is 0.417. The second kappa shape index (κ2) is 19.1. The topological polar surface area (TPSA) is 54.2 Å². The Hall–Kier alpha value is -3.61. The van der Waals surface area contributed by atoms with Crippen molar-refractivity contribution in [3.63, 3.8) is 0 Å². The maximum atomic E-state index is 6.22. The minimum atomic E-state index is -0.104. The molecule has 0 spiro atoms. The lowest BCUT2D eigenvalue weighted by Crippen LogP contribution is -2.34. The highest BCUT2D eigenvalue weighted by molar-refractivity contribution is 7.14. The van der Waals surface area contributed by atoms with Crippen LogP contribution < -0.4 is 11.1 Å². The number of nitrogens with two attached hydrogens (primary N) is 1. The third-order valence-electron chi connectivity index (χ3n) is 9.33. The van der Waals surface area contributed by atoms with Crippen molar-refractivity contribution in [2.24, 2.45) is 5.73 Å². The number of aromatic nitrogens is 1. The van der Waals surface area contributed by atoms with E-state index >= 15 is 0 Å². The van der Waals surface area contributed by atoms with E-state index in [0.29, 0.717) is 36.5 Å². The Labute approximate surface area is 314 Å². The molecule has 3 N–H and O–H groups in total. The summed E-state index contributed by atoms with van der Waals surface area (Å²) in [5.41, 5.74) is 16.7. The Bertz CT molecular complexity index is 1790. The van der Waals surface area contributed by atoms with E-state index in [4.69, 9.17) is 33.9 Å².